The van der Waals surface area contributed by atoms with Gasteiger partial charge in [-0.1, -0.05) is 47.6 Å². The molecule has 1 saturated heterocycles. The van der Waals surface area contributed by atoms with Gasteiger partial charge < -0.3 is 23.4 Å². The summed E-state index contributed by atoms with van der Waals surface area (Å²) in [5, 5.41) is 0.430. The van der Waals surface area contributed by atoms with E-state index in [4.69, 9.17) is 13.9 Å². The molecule has 2 heterocycles. The molecule has 0 aliphatic carbocycles. The third-order valence-electron chi connectivity index (χ3n) is 9.42. The largest absolute Gasteiger partial charge is 0.462 e. The number of nitrogens with zero attached hydrogens (tertiary/aromatic N) is 2. The Kier molecular flexibility index (Phi) is 10.4. The maximum Gasteiger partial charge on any atom is 0.343 e. The number of aromatic nitrogens is 1. The van der Waals surface area contributed by atoms with Gasteiger partial charge in [-0.2, -0.15) is 0 Å². The monoisotopic (exact) mass is 638 g/mol. The molecule has 0 radical (unpaired) electrons. The molecule has 1 fully saturated rings. The van der Waals surface area contributed by atoms with Crippen LogP contribution in [-0.2, 0) is 20.3 Å². The number of pyridine rings is 1. The highest BCUT2D eigenvalue weighted by molar-refractivity contribution is 6.74. The van der Waals surface area contributed by atoms with E-state index in [1.807, 2.05) is 34.9 Å². The maximum absolute atomic E-state index is 15.5. The molecule has 0 unspecified atom stereocenters. The second kappa shape index (κ2) is 13.4. The molecule has 2 aromatic carbocycles. The molecule has 0 spiro atoms. The molecule has 3 aromatic rings. The molecule has 1 aliphatic heterocycles. The molecule has 9 heteroatoms. The molecule has 0 bridgehead atoms. The molecular formula is C36H51FN2O5Si. The van der Waals surface area contributed by atoms with Crippen LogP contribution < -0.4 is 10.3 Å². The van der Waals surface area contributed by atoms with Crippen molar-refractivity contribution in [2.75, 3.05) is 44.4 Å². The lowest BCUT2D eigenvalue weighted by Gasteiger charge is -2.40. The average Bonchev–Trinajstić information content (AvgIpc) is 2.95. The number of ether oxygens (including phenoxy) is 2. The van der Waals surface area contributed by atoms with Gasteiger partial charge in [-0.05, 0) is 78.4 Å². The summed E-state index contributed by atoms with van der Waals surface area (Å²) in [5.41, 5.74) is 2.93. The van der Waals surface area contributed by atoms with E-state index >= 15 is 4.39 Å². The van der Waals surface area contributed by atoms with E-state index < -0.39 is 19.7 Å². The number of aryl methyl sites for hydroxylation is 1. The van der Waals surface area contributed by atoms with Crippen molar-refractivity contribution in [3.05, 3.63) is 74.8 Å². The van der Waals surface area contributed by atoms with Gasteiger partial charge in [0.2, 0.25) is 5.43 Å². The number of anilines is 1. The number of carbonyl (C=O) groups is 1. The Bertz CT molecular complexity index is 1600. The lowest BCUT2D eigenvalue weighted by Crippen LogP contribution is -2.43. The van der Waals surface area contributed by atoms with Gasteiger partial charge in [0.05, 0.1) is 38.0 Å². The third kappa shape index (κ3) is 7.69. The van der Waals surface area contributed by atoms with Crippen molar-refractivity contribution in [3.63, 3.8) is 0 Å². The van der Waals surface area contributed by atoms with Crippen LogP contribution in [0.1, 0.15) is 81.6 Å². The van der Waals surface area contributed by atoms with Crippen molar-refractivity contribution in [2.45, 2.75) is 86.0 Å². The zero-order chi connectivity index (χ0) is 33.3. The number of benzene rings is 2. The number of hydrogen-bond acceptors (Lipinski definition) is 6. The number of morpholine rings is 1. The van der Waals surface area contributed by atoms with Crippen molar-refractivity contribution >= 4 is 30.9 Å². The predicted molar refractivity (Wildman–Crippen MR) is 183 cm³/mol. The molecule has 0 amide bonds. The summed E-state index contributed by atoms with van der Waals surface area (Å²) in [6, 6.07) is 9.28. The number of fused-ring (bicyclic) bond motifs is 1. The Labute approximate surface area is 268 Å². The molecule has 0 saturated carbocycles. The fourth-order valence-electron chi connectivity index (χ4n) is 5.55. The fraction of sp³-hybridized carbons (Fsp3) is 0.556. The molecule has 1 atom stereocenters. The molecule has 246 valence electrons. The van der Waals surface area contributed by atoms with E-state index in [2.05, 4.69) is 59.5 Å². The normalized spacial score (nSPS) is 15.4. The minimum atomic E-state index is -2.10. The van der Waals surface area contributed by atoms with Crippen LogP contribution in [0.2, 0.25) is 18.1 Å². The maximum atomic E-state index is 15.5. The van der Waals surface area contributed by atoms with Gasteiger partial charge in [0.25, 0.3) is 0 Å². The summed E-state index contributed by atoms with van der Waals surface area (Å²) >= 11 is 0. The van der Waals surface area contributed by atoms with Crippen LogP contribution in [-0.4, -0.2) is 58.4 Å². The van der Waals surface area contributed by atoms with Crippen LogP contribution in [0.25, 0.3) is 10.9 Å². The number of rotatable bonds is 9. The molecular weight excluding hydrogens is 587 g/mol. The first-order valence-corrected chi connectivity index (χ1v) is 19.0. The average molecular weight is 639 g/mol. The van der Waals surface area contributed by atoms with Crippen LogP contribution >= 0.6 is 0 Å². The van der Waals surface area contributed by atoms with Gasteiger partial charge in [0, 0.05) is 36.8 Å². The van der Waals surface area contributed by atoms with Crippen LogP contribution in [0.4, 0.5) is 10.1 Å². The first kappa shape index (κ1) is 34.9. The fourth-order valence-corrected chi connectivity index (χ4v) is 6.56. The quantitative estimate of drug-likeness (QED) is 0.177. The van der Waals surface area contributed by atoms with E-state index in [0.29, 0.717) is 48.3 Å². The van der Waals surface area contributed by atoms with Crippen molar-refractivity contribution in [1.29, 1.82) is 0 Å². The second-order valence-electron chi connectivity index (χ2n) is 14.8. The van der Waals surface area contributed by atoms with Gasteiger partial charge in [0.1, 0.15) is 11.4 Å². The van der Waals surface area contributed by atoms with Gasteiger partial charge >= 0.3 is 5.97 Å². The van der Waals surface area contributed by atoms with E-state index in [9.17, 15) is 9.59 Å². The molecule has 1 aliphatic rings. The SMILES string of the molecule is CCOC(=O)c1cn([C@H](CO[Si](C)(C)C(C)(C)C)C(C)(C)C)c2ccc(Cc3cc(N4CCOCC4)cc(C)c3F)cc2c1=O. The van der Waals surface area contributed by atoms with Gasteiger partial charge in [0.15, 0.2) is 8.32 Å². The van der Waals surface area contributed by atoms with Gasteiger partial charge in [-0.15, -0.1) is 0 Å². The van der Waals surface area contributed by atoms with Crippen LogP contribution in [0.15, 0.2) is 41.3 Å². The molecule has 7 nitrogen and oxygen atoms in total. The second-order valence-corrected chi connectivity index (χ2v) is 19.6. The molecule has 0 N–H and O–H groups in total. The Morgan fingerprint density at radius 1 is 1.07 bits per heavy atom. The molecule has 1 aromatic heterocycles. The topological polar surface area (TPSA) is 70.0 Å². The van der Waals surface area contributed by atoms with Crippen LogP contribution in [0.3, 0.4) is 0 Å². The molecule has 45 heavy (non-hydrogen) atoms. The first-order valence-electron chi connectivity index (χ1n) is 16.0. The minimum absolute atomic E-state index is 0.0144. The van der Waals surface area contributed by atoms with Gasteiger partial charge in [-0.25, -0.2) is 9.18 Å². The zero-order valence-corrected chi connectivity index (χ0v) is 29.8. The smallest absolute Gasteiger partial charge is 0.343 e. The Morgan fingerprint density at radius 2 is 1.73 bits per heavy atom. The summed E-state index contributed by atoms with van der Waals surface area (Å²) in [7, 11) is -2.10. The highest BCUT2D eigenvalue weighted by Gasteiger charge is 2.39. The van der Waals surface area contributed by atoms with E-state index in [0.717, 1.165) is 24.3 Å². The van der Waals surface area contributed by atoms with Gasteiger partial charge in [-0.3, -0.25) is 4.79 Å². The Hall–Kier alpha value is -3.01. The zero-order valence-electron chi connectivity index (χ0n) is 28.8. The highest BCUT2D eigenvalue weighted by Crippen LogP contribution is 2.40. The lowest BCUT2D eigenvalue weighted by atomic mass is 9.86. The summed E-state index contributed by atoms with van der Waals surface area (Å²) in [4.78, 5) is 29.2. The Balaban J connectivity index is 1.83. The summed E-state index contributed by atoms with van der Waals surface area (Å²) in [6.07, 6.45) is 1.95. The number of carbonyl (C=O) groups excluding carboxylic acids is 1. The van der Waals surface area contributed by atoms with E-state index in [1.165, 1.54) is 0 Å². The van der Waals surface area contributed by atoms with E-state index in [1.54, 1.807) is 20.0 Å². The predicted octanol–water partition coefficient (Wildman–Crippen LogP) is 7.66. The third-order valence-corrected chi connectivity index (χ3v) is 13.9. The summed E-state index contributed by atoms with van der Waals surface area (Å²) in [5.74, 6) is -0.901. The van der Waals surface area contributed by atoms with Crippen molar-refractivity contribution < 1.29 is 23.1 Å². The number of esters is 1. The Morgan fingerprint density at radius 3 is 2.33 bits per heavy atom. The highest BCUT2D eigenvalue weighted by atomic mass is 28.4. The lowest BCUT2D eigenvalue weighted by molar-refractivity contribution is 0.0522. The van der Waals surface area contributed by atoms with Crippen LogP contribution in [0.5, 0.6) is 0 Å². The van der Waals surface area contributed by atoms with Crippen molar-refractivity contribution in [3.8, 4) is 0 Å². The number of hydrogen-bond donors (Lipinski definition) is 0. The van der Waals surface area contributed by atoms with Crippen molar-refractivity contribution in [1.82, 2.24) is 4.57 Å². The number of halogens is 1. The summed E-state index contributed by atoms with van der Waals surface area (Å²) in [6.45, 7) is 24.4. The first-order chi connectivity index (χ1) is 20.9. The standard InChI is InChI=1S/C36H51FN2O5Si/c1-11-43-34(41)29-22-39(31(35(3,4)5)23-44-45(9,10)36(6,7)8)30-13-12-25(20-28(30)33(29)40)19-26-21-27(18-24(2)32(26)37)38-14-16-42-17-15-38/h12-13,18,20-22,31H,11,14-17,19,23H2,1-10H3/t31-/m1/s1. The minimum Gasteiger partial charge on any atom is -0.462 e. The summed E-state index contributed by atoms with van der Waals surface area (Å²) < 4.78 is 35.0. The van der Waals surface area contributed by atoms with Crippen molar-refractivity contribution in [2.24, 2.45) is 5.41 Å². The van der Waals surface area contributed by atoms with Crippen LogP contribution in [0, 0.1) is 18.2 Å². The van der Waals surface area contributed by atoms with E-state index in [-0.39, 0.29) is 34.5 Å². The molecule has 4 rings (SSSR count).